The van der Waals surface area contributed by atoms with Crippen LogP contribution in [0.2, 0.25) is 0 Å². The monoisotopic (exact) mass is 452 g/mol. The second kappa shape index (κ2) is 9.72. The lowest BCUT2D eigenvalue weighted by Crippen LogP contribution is -2.30. The summed E-state index contributed by atoms with van der Waals surface area (Å²) < 4.78 is 25.3. The number of methoxy groups -OCH3 is 2. The Bertz CT molecular complexity index is 1160. The van der Waals surface area contributed by atoms with Crippen molar-refractivity contribution in [3.63, 3.8) is 0 Å². The molecule has 172 valence electrons. The number of amides is 2. The van der Waals surface area contributed by atoms with E-state index in [0.29, 0.717) is 43.2 Å². The van der Waals surface area contributed by atoms with Crippen LogP contribution in [0.5, 0.6) is 11.5 Å². The van der Waals surface area contributed by atoms with Crippen LogP contribution in [0, 0.1) is 5.82 Å². The van der Waals surface area contributed by atoms with E-state index in [1.807, 2.05) is 6.07 Å². The van der Waals surface area contributed by atoms with Gasteiger partial charge in [-0.1, -0.05) is 12.1 Å². The normalized spacial score (nSPS) is 13.3. The molecule has 0 unspecified atom stereocenters. The van der Waals surface area contributed by atoms with Gasteiger partial charge in [-0.15, -0.1) is 0 Å². The molecule has 4 rings (SSSR count). The summed E-state index contributed by atoms with van der Waals surface area (Å²) >= 11 is 0. The summed E-state index contributed by atoms with van der Waals surface area (Å²) in [6.07, 6.45) is 0.700. The van der Waals surface area contributed by atoms with E-state index < -0.39 is 0 Å². The first kappa shape index (κ1) is 22.3. The van der Waals surface area contributed by atoms with Crippen molar-refractivity contribution < 1.29 is 23.5 Å². The highest BCUT2D eigenvalue weighted by Crippen LogP contribution is 2.24. The highest BCUT2D eigenvalue weighted by Gasteiger charge is 2.26. The predicted molar refractivity (Wildman–Crippen MR) is 119 cm³/mol. The number of rotatable bonds is 7. The Morgan fingerprint density at radius 2 is 1.88 bits per heavy atom. The van der Waals surface area contributed by atoms with Crippen LogP contribution >= 0.6 is 0 Å². The third-order valence-electron chi connectivity index (χ3n) is 5.54. The van der Waals surface area contributed by atoms with Crippen LogP contribution in [-0.2, 0) is 19.6 Å². The largest absolute Gasteiger partial charge is 0.497 e. The molecule has 3 aromatic rings. The van der Waals surface area contributed by atoms with E-state index in [4.69, 9.17) is 9.47 Å². The molecule has 1 N–H and O–H groups in total. The molecule has 8 nitrogen and oxygen atoms in total. The number of fused-ring (bicyclic) bond motifs is 1. The molecule has 2 amide bonds. The van der Waals surface area contributed by atoms with E-state index in [2.05, 4.69) is 10.4 Å². The molecule has 1 aromatic heterocycles. The van der Waals surface area contributed by atoms with Gasteiger partial charge in [-0.05, 0) is 36.2 Å². The first-order chi connectivity index (χ1) is 16.0. The zero-order chi connectivity index (χ0) is 23.4. The van der Waals surface area contributed by atoms with Gasteiger partial charge in [0.25, 0.3) is 11.8 Å². The number of benzene rings is 2. The van der Waals surface area contributed by atoms with Gasteiger partial charge in [0.05, 0.1) is 14.2 Å². The molecule has 0 aliphatic carbocycles. The van der Waals surface area contributed by atoms with Crippen LogP contribution in [0.4, 0.5) is 4.39 Å². The van der Waals surface area contributed by atoms with Crippen molar-refractivity contribution >= 4 is 11.8 Å². The van der Waals surface area contributed by atoms with Gasteiger partial charge < -0.3 is 19.7 Å². The highest BCUT2D eigenvalue weighted by molar-refractivity contribution is 5.98. The van der Waals surface area contributed by atoms with Gasteiger partial charge in [0.2, 0.25) is 0 Å². The minimum absolute atomic E-state index is 0.175. The summed E-state index contributed by atoms with van der Waals surface area (Å²) in [7, 11) is 3.12. The fourth-order valence-corrected chi connectivity index (χ4v) is 3.77. The second-order valence-corrected chi connectivity index (χ2v) is 7.71. The molecule has 2 heterocycles. The molecule has 0 saturated heterocycles. The van der Waals surface area contributed by atoms with Crippen molar-refractivity contribution in [1.82, 2.24) is 20.0 Å². The molecule has 2 aromatic carbocycles. The van der Waals surface area contributed by atoms with Crippen molar-refractivity contribution in [2.45, 2.75) is 26.1 Å². The average molecular weight is 452 g/mol. The zero-order valence-electron chi connectivity index (χ0n) is 18.5. The number of halogens is 1. The molecule has 1 aliphatic rings. The van der Waals surface area contributed by atoms with Crippen LogP contribution in [-0.4, -0.2) is 47.3 Å². The van der Waals surface area contributed by atoms with E-state index in [1.165, 1.54) is 18.2 Å². The van der Waals surface area contributed by atoms with Crippen LogP contribution in [0.25, 0.3) is 0 Å². The number of carbonyl (C=O) groups is 2. The van der Waals surface area contributed by atoms with Crippen LogP contribution in [0.3, 0.4) is 0 Å². The maximum Gasteiger partial charge on any atom is 0.272 e. The molecule has 1 aliphatic heterocycles. The lowest BCUT2D eigenvalue weighted by molar-refractivity contribution is 0.0745. The topological polar surface area (TPSA) is 85.7 Å². The zero-order valence-corrected chi connectivity index (χ0v) is 18.5. The van der Waals surface area contributed by atoms with Gasteiger partial charge in [0.1, 0.15) is 23.0 Å². The smallest absolute Gasteiger partial charge is 0.272 e. The van der Waals surface area contributed by atoms with Crippen LogP contribution in [0.15, 0.2) is 48.5 Å². The van der Waals surface area contributed by atoms with E-state index in [0.717, 1.165) is 11.1 Å². The number of ether oxygens (including phenoxy) is 2. The lowest BCUT2D eigenvalue weighted by atomic mass is 10.2. The summed E-state index contributed by atoms with van der Waals surface area (Å²) in [4.78, 5) is 27.5. The van der Waals surface area contributed by atoms with Crippen LogP contribution < -0.4 is 14.8 Å². The fraction of sp³-hybridized carbons (Fsp3) is 0.292. The molecule has 9 heteroatoms. The standard InChI is InChI=1S/C24H25FN4O4/c1-32-19-9-6-17(22(12-19)33-2)14-26-23(30)20-13-21-24(31)28(10-3-11-29(21)27-20)15-16-4-7-18(25)8-5-16/h4-9,12-13H,3,10-11,14-15H2,1-2H3,(H,26,30). The number of carbonyl (C=O) groups excluding carboxylic acids is 2. The molecule has 0 saturated carbocycles. The Morgan fingerprint density at radius 1 is 1.09 bits per heavy atom. The number of aromatic nitrogens is 2. The quantitative estimate of drug-likeness (QED) is 0.596. The van der Waals surface area contributed by atoms with Crippen molar-refractivity contribution in [2.24, 2.45) is 0 Å². The molecule has 0 bridgehead atoms. The fourth-order valence-electron chi connectivity index (χ4n) is 3.77. The first-order valence-electron chi connectivity index (χ1n) is 10.6. The SMILES string of the molecule is COc1ccc(CNC(=O)c2cc3n(n2)CCCN(Cc2ccc(F)cc2)C3=O)c(OC)c1. The van der Waals surface area contributed by atoms with Gasteiger partial charge >= 0.3 is 0 Å². The molecule has 0 fully saturated rings. The summed E-state index contributed by atoms with van der Waals surface area (Å²) in [5, 5.41) is 7.18. The number of nitrogens with zero attached hydrogens (tertiary/aromatic N) is 3. The Balaban J connectivity index is 1.46. The molecule has 0 radical (unpaired) electrons. The Labute approximate surface area is 190 Å². The van der Waals surface area contributed by atoms with Gasteiger partial charge in [-0.3, -0.25) is 14.3 Å². The summed E-state index contributed by atoms with van der Waals surface area (Å²) in [5.74, 6) is 0.346. The molecule has 0 spiro atoms. The summed E-state index contributed by atoms with van der Waals surface area (Å²) in [6.45, 7) is 1.68. The maximum absolute atomic E-state index is 13.2. The maximum atomic E-state index is 13.2. The van der Waals surface area contributed by atoms with Gasteiger partial charge in [0, 0.05) is 43.9 Å². The van der Waals surface area contributed by atoms with Crippen molar-refractivity contribution in [1.29, 1.82) is 0 Å². The van der Waals surface area contributed by atoms with E-state index in [-0.39, 0.29) is 29.9 Å². The average Bonchev–Trinajstić information content (AvgIpc) is 3.21. The van der Waals surface area contributed by atoms with Crippen LogP contribution in [0.1, 0.15) is 38.5 Å². The molecule has 33 heavy (non-hydrogen) atoms. The second-order valence-electron chi connectivity index (χ2n) is 7.71. The predicted octanol–water partition coefficient (Wildman–Crippen LogP) is 3.02. The van der Waals surface area contributed by atoms with Gasteiger partial charge in [-0.2, -0.15) is 5.10 Å². The van der Waals surface area contributed by atoms with Crippen molar-refractivity contribution in [2.75, 3.05) is 20.8 Å². The number of nitrogens with one attached hydrogen (secondary N) is 1. The Kier molecular flexibility index (Phi) is 6.58. The molecular weight excluding hydrogens is 427 g/mol. The first-order valence-corrected chi connectivity index (χ1v) is 10.6. The van der Waals surface area contributed by atoms with Gasteiger partial charge in [-0.25, -0.2) is 4.39 Å². The lowest BCUT2D eigenvalue weighted by Gasteiger charge is -2.20. The molecular formula is C24H25FN4O4. The highest BCUT2D eigenvalue weighted by atomic mass is 19.1. The Hall–Kier alpha value is -3.88. The number of aryl methyl sites for hydroxylation is 1. The van der Waals surface area contributed by atoms with E-state index in [1.54, 1.807) is 48.1 Å². The molecule has 0 atom stereocenters. The van der Waals surface area contributed by atoms with E-state index in [9.17, 15) is 14.0 Å². The number of hydrogen-bond acceptors (Lipinski definition) is 5. The minimum Gasteiger partial charge on any atom is -0.497 e. The van der Waals surface area contributed by atoms with Crippen molar-refractivity contribution in [3.8, 4) is 11.5 Å². The summed E-state index contributed by atoms with van der Waals surface area (Å²) in [5.41, 5.74) is 2.16. The van der Waals surface area contributed by atoms with Gasteiger partial charge in [0.15, 0.2) is 5.69 Å². The third-order valence-corrected chi connectivity index (χ3v) is 5.54. The van der Waals surface area contributed by atoms with E-state index >= 15 is 0 Å². The van der Waals surface area contributed by atoms with Crippen molar-refractivity contribution in [3.05, 3.63) is 76.9 Å². The number of hydrogen-bond donors (Lipinski definition) is 1. The Morgan fingerprint density at radius 3 is 2.61 bits per heavy atom. The summed E-state index contributed by atoms with van der Waals surface area (Å²) in [6, 6.07) is 13.0. The third kappa shape index (κ3) is 4.97. The minimum atomic E-state index is -0.383.